The van der Waals surface area contributed by atoms with Crippen molar-refractivity contribution in [3.05, 3.63) is 58.6 Å². The summed E-state index contributed by atoms with van der Waals surface area (Å²) in [7, 11) is 0. The number of hydrogen-bond donors (Lipinski definition) is 1. The van der Waals surface area contributed by atoms with Crippen LogP contribution >= 0.6 is 11.6 Å². The lowest BCUT2D eigenvalue weighted by molar-refractivity contribution is 0.112. The molecular weight excluding hydrogens is 295 g/mol. The average Bonchev–Trinajstić information content (AvgIpc) is 2.90. The number of benzene rings is 2. The maximum absolute atomic E-state index is 13.8. The normalized spacial score (nSPS) is 10.8. The molecule has 0 aliphatic rings. The van der Waals surface area contributed by atoms with Crippen LogP contribution in [0.1, 0.15) is 16.2 Å². The van der Waals surface area contributed by atoms with Crippen molar-refractivity contribution in [3.63, 3.8) is 0 Å². The number of ether oxygens (including phenoxy) is 1. The Labute approximate surface area is 124 Å². The number of carbonyl (C=O) groups excluding carboxylic acids is 1. The van der Waals surface area contributed by atoms with E-state index in [0.29, 0.717) is 12.1 Å². The summed E-state index contributed by atoms with van der Waals surface area (Å²) in [5.41, 5.74) is 1.78. The molecule has 106 valence electrons. The third-order valence-corrected chi connectivity index (χ3v) is 3.31. The first-order valence-electron chi connectivity index (χ1n) is 6.18. The number of carbonyl (C=O) groups is 1. The van der Waals surface area contributed by atoms with Crippen molar-refractivity contribution in [3.8, 4) is 5.75 Å². The highest BCUT2D eigenvalue weighted by molar-refractivity contribution is 6.33. The second kappa shape index (κ2) is 5.54. The van der Waals surface area contributed by atoms with E-state index in [0.717, 1.165) is 17.1 Å². The highest BCUT2D eigenvalue weighted by Gasteiger charge is 2.10. The van der Waals surface area contributed by atoms with Gasteiger partial charge in [-0.2, -0.15) is 0 Å². The molecule has 1 N–H and O–H groups in total. The fourth-order valence-electron chi connectivity index (χ4n) is 1.97. The van der Waals surface area contributed by atoms with Crippen molar-refractivity contribution in [1.29, 1.82) is 0 Å². The number of rotatable bonds is 4. The van der Waals surface area contributed by atoms with Gasteiger partial charge in [-0.1, -0.05) is 23.7 Å². The van der Waals surface area contributed by atoms with Crippen LogP contribution < -0.4 is 4.74 Å². The van der Waals surface area contributed by atoms with E-state index in [-0.39, 0.29) is 22.9 Å². The van der Waals surface area contributed by atoms with Gasteiger partial charge in [0, 0.05) is 11.6 Å². The summed E-state index contributed by atoms with van der Waals surface area (Å²) in [6, 6.07) is 9.86. The fraction of sp³-hybridized carbons (Fsp3) is 0.0667. The Morgan fingerprint density at radius 1 is 1.33 bits per heavy atom. The molecular formula is C15H10ClFN2O2. The van der Waals surface area contributed by atoms with Crippen molar-refractivity contribution in [1.82, 2.24) is 9.97 Å². The summed E-state index contributed by atoms with van der Waals surface area (Å²) in [4.78, 5) is 18.1. The molecule has 2 aromatic carbocycles. The van der Waals surface area contributed by atoms with Crippen LogP contribution in [-0.2, 0) is 6.61 Å². The van der Waals surface area contributed by atoms with Gasteiger partial charge in [0.15, 0.2) is 17.9 Å². The standard InChI is InChI=1S/C15H10ClFN2O2/c16-10-6-14(11(17)5-9(10)7-20)21-8-15-18-12-3-1-2-4-13(12)19-15/h1-7H,8H2,(H,18,19). The van der Waals surface area contributed by atoms with Crippen LogP contribution in [0.5, 0.6) is 5.75 Å². The Hall–Kier alpha value is -2.40. The highest BCUT2D eigenvalue weighted by atomic mass is 35.5. The smallest absolute Gasteiger partial charge is 0.165 e. The second-order valence-electron chi connectivity index (χ2n) is 4.41. The first-order chi connectivity index (χ1) is 10.2. The lowest BCUT2D eigenvalue weighted by atomic mass is 10.2. The number of aromatic nitrogens is 2. The maximum atomic E-state index is 13.8. The van der Waals surface area contributed by atoms with Gasteiger partial charge in [0.25, 0.3) is 0 Å². The summed E-state index contributed by atoms with van der Waals surface area (Å²) >= 11 is 5.85. The van der Waals surface area contributed by atoms with E-state index in [1.54, 1.807) is 0 Å². The van der Waals surface area contributed by atoms with Gasteiger partial charge >= 0.3 is 0 Å². The van der Waals surface area contributed by atoms with Crippen LogP contribution in [0.4, 0.5) is 4.39 Å². The van der Waals surface area contributed by atoms with Crippen molar-refractivity contribution < 1.29 is 13.9 Å². The number of nitrogens with zero attached hydrogens (tertiary/aromatic N) is 1. The Morgan fingerprint density at radius 2 is 2.14 bits per heavy atom. The molecule has 21 heavy (non-hydrogen) atoms. The van der Waals surface area contributed by atoms with Crippen LogP contribution in [0, 0.1) is 5.82 Å². The topological polar surface area (TPSA) is 55.0 Å². The molecule has 0 saturated carbocycles. The quantitative estimate of drug-likeness (QED) is 0.747. The molecule has 0 bridgehead atoms. The van der Waals surface area contributed by atoms with E-state index in [1.807, 2.05) is 24.3 Å². The minimum absolute atomic E-state index is 0.0222. The van der Waals surface area contributed by atoms with Gasteiger partial charge < -0.3 is 9.72 Å². The van der Waals surface area contributed by atoms with Crippen LogP contribution in [-0.4, -0.2) is 16.3 Å². The summed E-state index contributed by atoms with van der Waals surface area (Å²) in [5.74, 6) is -0.0881. The number of H-pyrrole nitrogens is 1. The summed E-state index contributed by atoms with van der Waals surface area (Å²) in [6.07, 6.45) is 0.494. The fourth-order valence-corrected chi connectivity index (χ4v) is 2.16. The van der Waals surface area contributed by atoms with Crippen LogP contribution in [0.15, 0.2) is 36.4 Å². The molecule has 0 amide bonds. The molecule has 4 nitrogen and oxygen atoms in total. The third kappa shape index (κ3) is 2.73. The lowest BCUT2D eigenvalue weighted by Gasteiger charge is -2.07. The molecule has 0 fully saturated rings. The Balaban J connectivity index is 1.81. The molecule has 1 aromatic heterocycles. The highest BCUT2D eigenvalue weighted by Crippen LogP contribution is 2.26. The number of aromatic amines is 1. The number of imidazole rings is 1. The molecule has 6 heteroatoms. The zero-order chi connectivity index (χ0) is 14.8. The Morgan fingerprint density at radius 3 is 2.90 bits per heavy atom. The minimum atomic E-state index is -0.641. The molecule has 0 spiro atoms. The van der Waals surface area contributed by atoms with Gasteiger partial charge in [-0.05, 0) is 18.2 Å². The van der Waals surface area contributed by atoms with Gasteiger partial charge in [-0.3, -0.25) is 4.79 Å². The van der Waals surface area contributed by atoms with Gasteiger partial charge in [-0.15, -0.1) is 0 Å². The van der Waals surface area contributed by atoms with E-state index < -0.39 is 5.82 Å². The monoisotopic (exact) mass is 304 g/mol. The van der Waals surface area contributed by atoms with Crippen molar-refractivity contribution in [2.45, 2.75) is 6.61 Å². The average molecular weight is 305 g/mol. The SMILES string of the molecule is O=Cc1cc(F)c(OCc2nc3ccccc3[nH]2)cc1Cl. The van der Waals surface area contributed by atoms with E-state index in [2.05, 4.69) is 9.97 Å². The molecule has 0 aliphatic carbocycles. The van der Waals surface area contributed by atoms with Crippen molar-refractivity contribution in [2.24, 2.45) is 0 Å². The molecule has 1 heterocycles. The number of aldehydes is 1. The van der Waals surface area contributed by atoms with Crippen molar-refractivity contribution in [2.75, 3.05) is 0 Å². The van der Waals surface area contributed by atoms with Gasteiger partial charge in [0.2, 0.25) is 0 Å². The van der Waals surface area contributed by atoms with Crippen molar-refractivity contribution >= 4 is 28.9 Å². The number of nitrogens with one attached hydrogen (secondary N) is 1. The number of hydrogen-bond acceptors (Lipinski definition) is 3. The molecule has 0 aliphatic heterocycles. The first-order valence-corrected chi connectivity index (χ1v) is 6.56. The molecule has 3 rings (SSSR count). The largest absolute Gasteiger partial charge is 0.483 e. The second-order valence-corrected chi connectivity index (χ2v) is 4.82. The van der Waals surface area contributed by atoms with Gasteiger partial charge in [0.1, 0.15) is 12.4 Å². The predicted molar refractivity (Wildman–Crippen MR) is 77.2 cm³/mol. The summed E-state index contributed by atoms with van der Waals surface area (Å²) in [5, 5.41) is 0.144. The molecule has 0 radical (unpaired) electrons. The van der Waals surface area contributed by atoms with E-state index in [1.165, 1.54) is 6.07 Å². The number of halogens is 2. The maximum Gasteiger partial charge on any atom is 0.165 e. The van der Waals surface area contributed by atoms with Crippen LogP contribution in [0.3, 0.4) is 0 Å². The van der Waals surface area contributed by atoms with Crippen LogP contribution in [0.25, 0.3) is 11.0 Å². The molecule has 3 aromatic rings. The Bertz CT molecular complexity index is 784. The molecule has 0 unspecified atom stereocenters. The summed E-state index contributed by atoms with van der Waals surface area (Å²) in [6.45, 7) is 0.0718. The van der Waals surface area contributed by atoms with E-state index in [4.69, 9.17) is 16.3 Å². The van der Waals surface area contributed by atoms with E-state index >= 15 is 0 Å². The van der Waals surface area contributed by atoms with E-state index in [9.17, 15) is 9.18 Å². The van der Waals surface area contributed by atoms with Gasteiger partial charge in [0.05, 0.1) is 16.1 Å². The predicted octanol–water partition coefficient (Wildman–Crippen LogP) is 3.75. The Kier molecular flexibility index (Phi) is 3.58. The third-order valence-electron chi connectivity index (χ3n) is 2.98. The summed E-state index contributed by atoms with van der Waals surface area (Å²) < 4.78 is 19.1. The molecule has 0 saturated heterocycles. The van der Waals surface area contributed by atoms with Gasteiger partial charge in [-0.25, -0.2) is 9.37 Å². The van der Waals surface area contributed by atoms with Crippen LogP contribution in [0.2, 0.25) is 5.02 Å². The lowest BCUT2D eigenvalue weighted by Crippen LogP contribution is -2.00. The first kappa shape index (κ1) is 13.6. The number of fused-ring (bicyclic) bond motifs is 1. The molecule has 0 atom stereocenters. The minimum Gasteiger partial charge on any atom is -0.483 e. The number of para-hydroxylation sites is 2. The zero-order valence-electron chi connectivity index (χ0n) is 10.8. The zero-order valence-corrected chi connectivity index (χ0v) is 11.5.